The van der Waals surface area contributed by atoms with Crippen LogP contribution < -0.4 is 0 Å². The molecule has 0 heterocycles. The summed E-state index contributed by atoms with van der Waals surface area (Å²) in [5, 5.41) is 0. The number of rotatable bonds is 7. The molecule has 0 aliphatic heterocycles. The molecule has 0 spiro atoms. The lowest BCUT2D eigenvalue weighted by Gasteiger charge is -2.05. The van der Waals surface area contributed by atoms with E-state index in [1.807, 2.05) is 24.3 Å². The van der Waals surface area contributed by atoms with Gasteiger partial charge in [0.05, 0.1) is 5.71 Å². The van der Waals surface area contributed by atoms with Crippen molar-refractivity contribution >= 4 is 17.3 Å². The molecular formula is C22H23NO2. The molecular weight excluding hydrogens is 310 g/mol. The van der Waals surface area contributed by atoms with Gasteiger partial charge in [-0.15, -0.1) is 0 Å². The van der Waals surface area contributed by atoms with Crippen LogP contribution in [0.3, 0.4) is 0 Å². The number of aryl methyl sites for hydroxylation is 1. The van der Waals surface area contributed by atoms with Crippen molar-refractivity contribution in [1.29, 1.82) is 0 Å². The van der Waals surface area contributed by atoms with Gasteiger partial charge in [0.15, 0.2) is 11.6 Å². The van der Waals surface area contributed by atoms with Crippen LogP contribution in [0.1, 0.15) is 40.9 Å². The predicted octanol–water partition coefficient (Wildman–Crippen LogP) is 4.37. The Balaban J connectivity index is 2.24. The minimum atomic E-state index is -0.0332. The number of carbonyl (C=O) groups excluding carboxylic acids is 2. The number of allylic oxidation sites excluding steroid dienone is 2. The monoisotopic (exact) mass is 333 g/mol. The standard InChI is InChI=1S/C22H23NO2/c1-16-6-4-7-19(14-16)12-13-23-22(11-10-17(2)24)21-9-5-8-20(15-21)18(3)25/h4-11,14-15H,12-13H2,1-3H3/b11-10-,23-22+. The van der Waals surface area contributed by atoms with E-state index in [0.717, 1.165) is 12.0 Å². The summed E-state index contributed by atoms with van der Waals surface area (Å²) in [5.41, 5.74) is 4.66. The maximum absolute atomic E-state index is 11.6. The number of benzene rings is 2. The van der Waals surface area contributed by atoms with Gasteiger partial charge in [0.2, 0.25) is 0 Å². The molecule has 128 valence electrons. The minimum absolute atomic E-state index is 0.0107. The highest BCUT2D eigenvalue weighted by molar-refractivity contribution is 6.12. The van der Waals surface area contributed by atoms with Crippen molar-refractivity contribution in [2.45, 2.75) is 27.2 Å². The van der Waals surface area contributed by atoms with E-state index in [4.69, 9.17) is 0 Å². The third-order valence-corrected chi connectivity index (χ3v) is 3.81. The van der Waals surface area contributed by atoms with Crippen molar-refractivity contribution in [2.75, 3.05) is 6.54 Å². The van der Waals surface area contributed by atoms with Gasteiger partial charge < -0.3 is 0 Å². The number of Topliss-reactive ketones (excluding diaryl/α,β-unsaturated/α-hetero) is 1. The van der Waals surface area contributed by atoms with E-state index in [-0.39, 0.29) is 11.6 Å². The second-order valence-corrected chi connectivity index (χ2v) is 6.09. The van der Waals surface area contributed by atoms with Crippen LogP contribution in [0.2, 0.25) is 0 Å². The van der Waals surface area contributed by atoms with Crippen molar-refractivity contribution < 1.29 is 9.59 Å². The summed E-state index contributed by atoms with van der Waals surface area (Å²) in [6, 6.07) is 15.7. The third kappa shape index (κ3) is 5.96. The van der Waals surface area contributed by atoms with Gasteiger partial charge in [-0.05, 0) is 51.0 Å². The van der Waals surface area contributed by atoms with Crippen LogP contribution in [-0.4, -0.2) is 23.8 Å². The minimum Gasteiger partial charge on any atom is -0.295 e. The van der Waals surface area contributed by atoms with E-state index >= 15 is 0 Å². The zero-order valence-electron chi connectivity index (χ0n) is 15.0. The Labute approximate surface area is 149 Å². The molecule has 0 atom stereocenters. The molecule has 0 unspecified atom stereocenters. The first-order valence-corrected chi connectivity index (χ1v) is 8.36. The van der Waals surface area contributed by atoms with E-state index in [1.54, 1.807) is 19.1 Å². The molecule has 0 amide bonds. The molecule has 25 heavy (non-hydrogen) atoms. The van der Waals surface area contributed by atoms with Crippen molar-refractivity contribution in [3.8, 4) is 0 Å². The number of hydrogen-bond acceptors (Lipinski definition) is 3. The lowest BCUT2D eigenvalue weighted by atomic mass is 10.0. The Morgan fingerprint density at radius 2 is 1.68 bits per heavy atom. The average Bonchev–Trinajstić information content (AvgIpc) is 2.58. The van der Waals surface area contributed by atoms with E-state index in [0.29, 0.717) is 17.8 Å². The summed E-state index contributed by atoms with van der Waals surface area (Å²) in [4.78, 5) is 27.6. The Morgan fingerprint density at radius 3 is 2.36 bits per heavy atom. The van der Waals surface area contributed by atoms with Crippen LogP contribution in [0.5, 0.6) is 0 Å². The SMILES string of the molecule is CC(=O)/C=C\C(=N/CCc1cccc(C)c1)c1cccc(C(C)=O)c1. The molecule has 0 aromatic heterocycles. The lowest BCUT2D eigenvalue weighted by Crippen LogP contribution is -2.03. The molecule has 0 aliphatic carbocycles. The fraction of sp³-hybridized carbons (Fsp3) is 0.227. The smallest absolute Gasteiger partial charge is 0.159 e. The number of nitrogens with zero attached hydrogens (tertiary/aromatic N) is 1. The Morgan fingerprint density at radius 1 is 0.960 bits per heavy atom. The molecule has 3 nitrogen and oxygen atoms in total. The van der Waals surface area contributed by atoms with Gasteiger partial charge >= 0.3 is 0 Å². The molecule has 0 saturated heterocycles. The van der Waals surface area contributed by atoms with Gasteiger partial charge in [-0.2, -0.15) is 0 Å². The molecule has 0 saturated carbocycles. The third-order valence-electron chi connectivity index (χ3n) is 3.81. The van der Waals surface area contributed by atoms with Crippen LogP contribution in [0, 0.1) is 6.92 Å². The van der Waals surface area contributed by atoms with Gasteiger partial charge in [-0.3, -0.25) is 14.6 Å². The molecule has 0 N–H and O–H groups in total. The van der Waals surface area contributed by atoms with Gasteiger partial charge in [0, 0.05) is 17.7 Å². The molecule has 3 heteroatoms. The molecule has 0 radical (unpaired) electrons. The maximum Gasteiger partial charge on any atom is 0.159 e. The van der Waals surface area contributed by atoms with E-state index in [2.05, 4.69) is 30.1 Å². The average molecular weight is 333 g/mol. The largest absolute Gasteiger partial charge is 0.295 e. The lowest BCUT2D eigenvalue weighted by molar-refractivity contribution is -0.112. The molecule has 2 aromatic carbocycles. The van der Waals surface area contributed by atoms with Crippen molar-refractivity contribution in [3.63, 3.8) is 0 Å². The first kappa shape index (κ1) is 18.5. The van der Waals surface area contributed by atoms with Gasteiger partial charge in [-0.1, -0.05) is 48.0 Å². The summed E-state index contributed by atoms with van der Waals surface area (Å²) in [7, 11) is 0. The first-order chi connectivity index (χ1) is 12.0. The Hall–Kier alpha value is -2.81. The zero-order chi connectivity index (χ0) is 18.2. The second kappa shape index (κ2) is 8.88. The zero-order valence-corrected chi connectivity index (χ0v) is 15.0. The summed E-state index contributed by atoms with van der Waals surface area (Å²) in [6.45, 7) is 5.73. The fourth-order valence-electron chi connectivity index (χ4n) is 2.51. The van der Waals surface area contributed by atoms with Gasteiger partial charge in [0.25, 0.3) is 0 Å². The summed E-state index contributed by atoms with van der Waals surface area (Å²) < 4.78 is 0. The predicted molar refractivity (Wildman–Crippen MR) is 103 cm³/mol. The molecule has 0 fully saturated rings. The van der Waals surface area contributed by atoms with Crippen molar-refractivity contribution in [2.24, 2.45) is 4.99 Å². The molecule has 0 bridgehead atoms. The van der Waals surface area contributed by atoms with E-state index in [9.17, 15) is 9.59 Å². The van der Waals surface area contributed by atoms with Crippen molar-refractivity contribution in [3.05, 3.63) is 82.9 Å². The van der Waals surface area contributed by atoms with E-state index < -0.39 is 0 Å². The van der Waals surface area contributed by atoms with Crippen LogP contribution in [0.25, 0.3) is 0 Å². The molecule has 0 aliphatic rings. The Kier molecular flexibility index (Phi) is 6.58. The number of ketones is 2. The van der Waals surface area contributed by atoms with Crippen molar-refractivity contribution in [1.82, 2.24) is 0 Å². The fourth-order valence-corrected chi connectivity index (χ4v) is 2.51. The number of hydrogen-bond donors (Lipinski definition) is 0. The van der Waals surface area contributed by atoms with Crippen LogP contribution in [0.15, 0.2) is 65.7 Å². The van der Waals surface area contributed by atoms with Crippen LogP contribution in [0.4, 0.5) is 0 Å². The Bertz CT molecular complexity index is 831. The van der Waals surface area contributed by atoms with Gasteiger partial charge in [-0.25, -0.2) is 0 Å². The van der Waals surface area contributed by atoms with Crippen LogP contribution in [-0.2, 0) is 11.2 Å². The normalized spacial score (nSPS) is 11.7. The highest BCUT2D eigenvalue weighted by Crippen LogP contribution is 2.10. The van der Waals surface area contributed by atoms with Crippen LogP contribution >= 0.6 is 0 Å². The topological polar surface area (TPSA) is 46.5 Å². The maximum atomic E-state index is 11.6. The van der Waals surface area contributed by atoms with E-state index in [1.165, 1.54) is 24.1 Å². The number of carbonyl (C=O) groups is 2. The summed E-state index contributed by atoms with van der Waals surface area (Å²) in [5.74, 6) is -0.0226. The second-order valence-electron chi connectivity index (χ2n) is 6.09. The summed E-state index contributed by atoms with van der Waals surface area (Å²) >= 11 is 0. The highest BCUT2D eigenvalue weighted by atomic mass is 16.1. The number of aliphatic imine (C=N–C) groups is 1. The summed E-state index contributed by atoms with van der Waals surface area (Å²) in [6.07, 6.45) is 4.05. The highest BCUT2D eigenvalue weighted by Gasteiger charge is 2.05. The first-order valence-electron chi connectivity index (χ1n) is 8.36. The van der Waals surface area contributed by atoms with Gasteiger partial charge in [0.1, 0.15) is 0 Å². The quantitative estimate of drug-likeness (QED) is 0.429. The molecule has 2 rings (SSSR count). The molecule has 2 aromatic rings.